The number of urea groups is 1. The molecule has 0 aliphatic carbocycles. The average molecular weight is 495 g/mol. The van der Waals surface area contributed by atoms with Gasteiger partial charge in [0, 0.05) is 67.7 Å². The maximum atomic E-state index is 12.6. The minimum atomic E-state index is -0.164. The standard InChI is InChI=1S/C25H27ClN6O3/c1-2-27-25(34)31-12-10-30(11-13-31)20-8-6-17(7-9-20)23-28-24(35-29-23)18-14-22(33)32(16-18)21-5-3-4-19(26)15-21/h3-9,15,18H,2,10-14,16H2,1H3,(H,27,34)/t18-/m0/s1. The van der Waals surface area contributed by atoms with E-state index < -0.39 is 0 Å². The van der Waals surface area contributed by atoms with Crippen molar-refractivity contribution in [3.05, 3.63) is 59.4 Å². The molecule has 0 bridgehead atoms. The van der Waals surface area contributed by atoms with E-state index in [-0.39, 0.29) is 17.9 Å². The van der Waals surface area contributed by atoms with Gasteiger partial charge in [-0.2, -0.15) is 4.98 Å². The van der Waals surface area contributed by atoms with Crippen LogP contribution in [-0.2, 0) is 4.79 Å². The highest BCUT2D eigenvalue weighted by Gasteiger charge is 2.35. The second-order valence-corrected chi connectivity index (χ2v) is 9.13. The van der Waals surface area contributed by atoms with Crippen LogP contribution >= 0.6 is 11.6 Å². The summed E-state index contributed by atoms with van der Waals surface area (Å²) in [6.45, 7) is 5.97. The first-order valence-electron chi connectivity index (χ1n) is 11.8. The molecule has 0 spiro atoms. The largest absolute Gasteiger partial charge is 0.368 e. The summed E-state index contributed by atoms with van der Waals surface area (Å²) >= 11 is 6.09. The topological polar surface area (TPSA) is 94.8 Å². The maximum absolute atomic E-state index is 12.6. The van der Waals surface area contributed by atoms with E-state index in [0.717, 1.165) is 30.0 Å². The van der Waals surface area contributed by atoms with Crippen LogP contribution < -0.4 is 15.1 Å². The van der Waals surface area contributed by atoms with Crippen LogP contribution in [0.2, 0.25) is 5.02 Å². The van der Waals surface area contributed by atoms with Crippen molar-refractivity contribution < 1.29 is 14.1 Å². The number of anilines is 2. The number of nitrogens with one attached hydrogen (secondary N) is 1. The van der Waals surface area contributed by atoms with Gasteiger partial charge in [0.05, 0.1) is 5.92 Å². The summed E-state index contributed by atoms with van der Waals surface area (Å²) in [5.74, 6) is 0.807. The summed E-state index contributed by atoms with van der Waals surface area (Å²) in [6.07, 6.45) is 0.315. The Morgan fingerprint density at radius 1 is 1.11 bits per heavy atom. The quantitative estimate of drug-likeness (QED) is 0.580. The number of halogens is 1. The minimum Gasteiger partial charge on any atom is -0.368 e. The van der Waals surface area contributed by atoms with Gasteiger partial charge >= 0.3 is 6.03 Å². The van der Waals surface area contributed by atoms with Crippen molar-refractivity contribution in [1.82, 2.24) is 20.4 Å². The van der Waals surface area contributed by atoms with Crippen LogP contribution in [0.5, 0.6) is 0 Å². The van der Waals surface area contributed by atoms with Crippen molar-refractivity contribution in [3.8, 4) is 11.4 Å². The monoisotopic (exact) mass is 494 g/mol. The Hall–Kier alpha value is -3.59. The molecule has 3 heterocycles. The molecule has 1 N–H and O–H groups in total. The summed E-state index contributed by atoms with van der Waals surface area (Å²) in [5.41, 5.74) is 2.71. The van der Waals surface area contributed by atoms with Gasteiger partial charge in [-0.1, -0.05) is 22.8 Å². The van der Waals surface area contributed by atoms with Crippen molar-refractivity contribution in [2.24, 2.45) is 0 Å². The molecule has 0 radical (unpaired) electrons. The third kappa shape index (κ3) is 4.95. The van der Waals surface area contributed by atoms with Crippen LogP contribution in [-0.4, -0.2) is 66.2 Å². The molecular formula is C25H27ClN6O3. The minimum absolute atomic E-state index is 0.00458. The number of aromatic nitrogens is 2. The van der Waals surface area contributed by atoms with Crippen LogP contribution in [0.4, 0.5) is 16.2 Å². The van der Waals surface area contributed by atoms with Gasteiger partial charge in [-0.3, -0.25) is 4.79 Å². The molecule has 35 heavy (non-hydrogen) atoms. The smallest absolute Gasteiger partial charge is 0.317 e. The van der Waals surface area contributed by atoms with E-state index in [0.29, 0.717) is 49.3 Å². The second kappa shape index (κ2) is 9.95. The van der Waals surface area contributed by atoms with E-state index in [1.165, 1.54) is 0 Å². The Morgan fingerprint density at radius 3 is 2.60 bits per heavy atom. The molecule has 1 aromatic heterocycles. The zero-order chi connectivity index (χ0) is 24.4. The van der Waals surface area contributed by atoms with Crippen molar-refractivity contribution in [2.75, 3.05) is 49.1 Å². The molecule has 2 aliphatic rings. The summed E-state index contributed by atoms with van der Waals surface area (Å²) in [5, 5.41) is 7.60. The second-order valence-electron chi connectivity index (χ2n) is 8.70. The number of benzene rings is 2. The van der Waals surface area contributed by atoms with E-state index in [1.807, 2.05) is 48.2 Å². The molecule has 2 aliphatic heterocycles. The average Bonchev–Trinajstić information content (AvgIpc) is 3.52. The molecule has 3 aromatic rings. The molecule has 2 saturated heterocycles. The van der Waals surface area contributed by atoms with Gasteiger partial charge in [-0.15, -0.1) is 0 Å². The predicted molar refractivity (Wildman–Crippen MR) is 134 cm³/mol. The first kappa shape index (κ1) is 23.2. The lowest BCUT2D eigenvalue weighted by atomic mass is 10.1. The lowest BCUT2D eigenvalue weighted by Gasteiger charge is -2.36. The molecule has 0 unspecified atom stereocenters. The summed E-state index contributed by atoms with van der Waals surface area (Å²) in [7, 11) is 0. The molecule has 3 amide bonds. The summed E-state index contributed by atoms with van der Waals surface area (Å²) in [6, 6.07) is 15.3. The van der Waals surface area contributed by atoms with Crippen LogP contribution in [0.3, 0.4) is 0 Å². The number of hydrogen-bond donors (Lipinski definition) is 1. The molecule has 2 fully saturated rings. The Morgan fingerprint density at radius 2 is 1.89 bits per heavy atom. The number of rotatable bonds is 5. The zero-order valence-corrected chi connectivity index (χ0v) is 20.2. The summed E-state index contributed by atoms with van der Waals surface area (Å²) < 4.78 is 5.54. The first-order valence-corrected chi connectivity index (χ1v) is 12.2. The molecule has 2 aromatic carbocycles. The Kier molecular flexibility index (Phi) is 6.59. The fourth-order valence-electron chi connectivity index (χ4n) is 4.54. The van der Waals surface area contributed by atoms with Gasteiger partial charge < -0.3 is 24.5 Å². The van der Waals surface area contributed by atoms with Crippen molar-refractivity contribution in [1.29, 1.82) is 0 Å². The third-order valence-corrected chi connectivity index (χ3v) is 6.66. The molecular weight excluding hydrogens is 468 g/mol. The maximum Gasteiger partial charge on any atom is 0.317 e. The van der Waals surface area contributed by atoms with E-state index >= 15 is 0 Å². The number of piperazine rings is 1. The van der Waals surface area contributed by atoms with Gasteiger partial charge in [0.25, 0.3) is 0 Å². The van der Waals surface area contributed by atoms with Crippen LogP contribution in [0.1, 0.15) is 25.2 Å². The number of carbonyl (C=O) groups excluding carboxylic acids is 2. The van der Waals surface area contributed by atoms with Gasteiger partial charge in [0.1, 0.15) is 0 Å². The Bertz CT molecular complexity index is 1210. The van der Waals surface area contributed by atoms with E-state index in [9.17, 15) is 9.59 Å². The van der Waals surface area contributed by atoms with Crippen molar-refractivity contribution >= 4 is 34.9 Å². The highest BCUT2D eigenvalue weighted by atomic mass is 35.5. The molecule has 5 rings (SSSR count). The highest BCUT2D eigenvalue weighted by molar-refractivity contribution is 6.30. The van der Waals surface area contributed by atoms with Gasteiger partial charge in [0.2, 0.25) is 17.6 Å². The van der Waals surface area contributed by atoms with Gasteiger partial charge in [-0.25, -0.2) is 4.79 Å². The van der Waals surface area contributed by atoms with Crippen LogP contribution in [0, 0.1) is 0 Å². The molecule has 182 valence electrons. The zero-order valence-electron chi connectivity index (χ0n) is 19.5. The molecule has 0 saturated carbocycles. The van der Waals surface area contributed by atoms with Crippen molar-refractivity contribution in [2.45, 2.75) is 19.3 Å². The van der Waals surface area contributed by atoms with Gasteiger partial charge in [-0.05, 0) is 49.4 Å². The third-order valence-electron chi connectivity index (χ3n) is 6.42. The molecule has 10 heteroatoms. The molecule has 1 atom stereocenters. The predicted octanol–water partition coefficient (Wildman–Crippen LogP) is 3.76. The van der Waals surface area contributed by atoms with E-state index in [4.69, 9.17) is 16.1 Å². The van der Waals surface area contributed by atoms with E-state index in [1.54, 1.807) is 17.0 Å². The fraction of sp³-hybridized carbons (Fsp3) is 0.360. The number of carbonyl (C=O) groups is 2. The Balaban J connectivity index is 1.22. The summed E-state index contributed by atoms with van der Waals surface area (Å²) in [4.78, 5) is 35.0. The normalized spacial score (nSPS) is 18.3. The highest BCUT2D eigenvalue weighted by Crippen LogP contribution is 2.33. The first-order chi connectivity index (χ1) is 17.0. The SMILES string of the molecule is CCNC(=O)N1CCN(c2ccc(-c3noc([C@H]4CC(=O)N(c5cccc(Cl)c5)C4)n3)cc2)CC1. The Labute approximate surface area is 208 Å². The lowest BCUT2D eigenvalue weighted by molar-refractivity contribution is -0.117. The van der Waals surface area contributed by atoms with Crippen molar-refractivity contribution in [3.63, 3.8) is 0 Å². The van der Waals surface area contributed by atoms with E-state index in [2.05, 4.69) is 20.4 Å². The fourth-order valence-corrected chi connectivity index (χ4v) is 4.72. The van der Waals surface area contributed by atoms with Crippen LogP contribution in [0.25, 0.3) is 11.4 Å². The number of hydrogen-bond acceptors (Lipinski definition) is 6. The lowest BCUT2D eigenvalue weighted by Crippen LogP contribution is -2.51. The number of nitrogens with zero attached hydrogens (tertiary/aromatic N) is 5. The van der Waals surface area contributed by atoms with Gasteiger partial charge in [0.15, 0.2) is 0 Å². The number of amides is 3. The van der Waals surface area contributed by atoms with Crippen LogP contribution in [0.15, 0.2) is 53.1 Å². The molecule has 9 nitrogen and oxygen atoms in total.